The summed E-state index contributed by atoms with van der Waals surface area (Å²) in [5.41, 5.74) is -0.768. The molecule has 3 heterocycles. The molecule has 1 spiro atoms. The van der Waals surface area contributed by atoms with Crippen molar-refractivity contribution in [3.8, 4) is 5.75 Å². The van der Waals surface area contributed by atoms with E-state index in [0.717, 1.165) is 12.1 Å². The van der Waals surface area contributed by atoms with Crippen LogP contribution in [-0.2, 0) is 21.1 Å². The van der Waals surface area contributed by atoms with E-state index in [-0.39, 0.29) is 37.6 Å². The standard InChI is InChI=1S/C18H18F3N3O5S/c19-18(20,21)29-14-3-1-13(2-4-14)16(25)24-9-17(10-24)11-30(26,27)15(8-28-17)7-23-6-5-22-12-23/h1-6,12,15H,7-11H2/t15-/m0/s1. The van der Waals surface area contributed by atoms with Gasteiger partial charge in [-0.25, -0.2) is 13.4 Å². The number of amides is 1. The highest BCUT2D eigenvalue weighted by molar-refractivity contribution is 7.92. The first-order chi connectivity index (χ1) is 14.1. The van der Waals surface area contributed by atoms with Crippen molar-refractivity contribution in [3.63, 3.8) is 0 Å². The molecule has 2 aliphatic heterocycles. The third kappa shape index (κ3) is 4.29. The molecule has 8 nitrogen and oxygen atoms in total. The van der Waals surface area contributed by atoms with E-state index in [1.165, 1.54) is 23.4 Å². The molecule has 2 aromatic rings. The Bertz CT molecular complexity index is 1020. The molecule has 1 amide bonds. The van der Waals surface area contributed by atoms with Crippen molar-refractivity contribution in [3.05, 3.63) is 48.5 Å². The number of alkyl halides is 3. The number of likely N-dealkylation sites (tertiary alicyclic amines) is 1. The Kier molecular flexibility index (Phi) is 5.01. The lowest BCUT2D eigenvalue weighted by atomic mass is 9.94. The molecule has 0 saturated carbocycles. The number of hydrogen-bond donors (Lipinski definition) is 0. The average molecular weight is 445 g/mol. The van der Waals surface area contributed by atoms with Crippen LogP contribution in [-0.4, -0.2) is 71.4 Å². The van der Waals surface area contributed by atoms with Crippen molar-refractivity contribution in [1.29, 1.82) is 0 Å². The quantitative estimate of drug-likeness (QED) is 0.709. The normalized spacial score (nSPS) is 22.5. The minimum atomic E-state index is -4.81. The summed E-state index contributed by atoms with van der Waals surface area (Å²) < 4.78 is 73.4. The van der Waals surface area contributed by atoms with Crippen LogP contribution < -0.4 is 4.74 Å². The summed E-state index contributed by atoms with van der Waals surface area (Å²) >= 11 is 0. The summed E-state index contributed by atoms with van der Waals surface area (Å²) in [4.78, 5) is 17.8. The van der Waals surface area contributed by atoms with Gasteiger partial charge in [0.2, 0.25) is 0 Å². The zero-order valence-corrected chi connectivity index (χ0v) is 16.4. The first-order valence-electron chi connectivity index (χ1n) is 9.02. The molecule has 30 heavy (non-hydrogen) atoms. The summed E-state index contributed by atoms with van der Waals surface area (Å²) in [6, 6.07) is 4.57. The molecule has 1 atom stereocenters. The summed E-state index contributed by atoms with van der Waals surface area (Å²) in [7, 11) is -3.44. The molecule has 0 radical (unpaired) electrons. The van der Waals surface area contributed by atoms with Crippen LogP contribution in [0, 0.1) is 0 Å². The van der Waals surface area contributed by atoms with Gasteiger partial charge in [0, 0.05) is 24.5 Å². The highest BCUT2D eigenvalue weighted by Gasteiger charge is 2.53. The fourth-order valence-corrected chi connectivity index (χ4v) is 5.56. The van der Waals surface area contributed by atoms with E-state index in [0.29, 0.717) is 0 Å². The van der Waals surface area contributed by atoms with Crippen molar-refractivity contribution in [2.45, 2.75) is 23.8 Å². The van der Waals surface area contributed by atoms with Crippen LogP contribution in [0.1, 0.15) is 10.4 Å². The first kappa shape index (κ1) is 20.7. The molecule has 0 aliphatic carbocycles. The van der Waals surface area contributed by atoms with Gasteiger partial charge in [-0.05, 0) is 24.3 Å². The van der Waals surface area contributed by atoms with Gasteiger partial charge in [0.05, 0.1) is 31.8 Å². The Morgan fingerprint density at radius 1 is 1.27 bits per heavy atom. The van der Waals surface area contributed by atoms with Crippen LogP contribution in [0.3, 0.4) is 0 Å². The van der Waals surface area contributed by atoms with Crippen LogP contribution in [0.5, 0.6) is 5.75 Å². The number of carbonyl (C=O) groups excluding carboxylic acids is 1. The minimum absolute atomic E-state index is 0.0199. The fraction of sp³-hybridized carbons (Fsp3) is 0.444. The number of halogens is 3. The van der Waals surface area contributed by atoms with Crippen LogP contribution >= 0.6 is 0 Å². The lowest BCUT2D eigenvalue weighted by molar-refractivity contribution is -0.274. The number of aromatic nitrogens is 2. The first-order valence-corrected chi connectivity index (χ1v) is 10.7. The zero-order valence-electron chi connectivity index (χ0n) is 15.6. The molecular formula is C18H18F3N3O5S. The van der Waals surface area contributed by atoms with Gasteiger partial charge in [-0.15, -0.1) is 13.2 Å². The van der Waals surface area contributed by atoms with Gasteiger partial charge < -0.3 is 18.9 Å². The third-order valence-electron chi connectivity index (χ3n) is 5.10. The summed E-state index contributed by atoms with van der Waals surface area (Å²) in [5.74, 6) is -1.04. The van der Waals surface area contributed by atoms with Crippen LogP contribution in [0.4, 0.5) is 13.2 Å². The molecule has 0 bridgehead atoms. The molecule has 0 unspecified atom stereocenters. The summed E-state index contributed by atoms with van der Waals surface area (Å²) in [6.45, 7) is 0.465. The van der Waals surface area contributed by atoms with Gasteiger partial charge in [-0.3, -0.25) is 4.79 Å². The molecule has 162 valence electrons. The number of ether oxygens (including phenoxy) is 2. The van der Waals surface area contributed by atoms with Gasteiger partial charge in [0.15, 0.2) is 9.84 Å². The maximum atomic E-state index is 12.7. The van der Waals surface area contributed by atoms with Gasteiger partial charge in [0.1, 0.15) is 16.6 Å². The van der Waals surface area contributed by atoms with E-state index in [2.05, 4.69) is 9.72 Å². The molecule has 2 saturated heterocycles. The number of carbonyl (C=O) groups is 1. The molecule has 2 aliphatic rings. The lowest BCUT2D eigenvalue weighted by Gasteiger charge is -2.52. The maximum Gasteiger partial charge on any atom is 0.573 e. The number of hydrogen-bond acceptors (Lipinski definition) is 6. The topological polar surface area (TPSA) is 90.7 Å². The van der Waals surface area contributed by atoms with Crippen molar-refractivity contribution < 1.29 is 35.9 Å². The van der Waals surface area contributed by atoms with Crippen LogP contribution in [0.15, 0.2) is 43.0 Å². The number of sulfone groups is 1. The molecule has 4 rings (SSSR count). The number of imidazole rings is 1. The van der Waals surface area contributed by atoms with Crippen molar-refractivity contribution in [2.24, 2.45) is 0 Å². The molecule has 0 N–H and O–H groups in total. The third-order valence-corrected chi connectivity index (χ3v) is 7.33. The lowest BCUT2D eigenvalue weighted by Crippen LogP contribution is -2.70. The van der Waals surface area contributed by atoms with Gasteiger partial charge >= 0.3 is 6.36 Å². The molecule has 1 aromatic carbocycles. The maximum absolute atomic E-state index is 12.7. The Morgan fingerprint density at radius 2 is 1.97 bits per heavy atom. The summed E-state index contributed by atoms with van der Waals surface area (Å²) in [5, 5.41) is -0.691. The van der Waals surface area contributed by atoms with E-state index in [9.17, 15) is 26.4 Å². The highest BCUT2D eigenvalue weighted by atomic mass is 32.2. The number of nitrogens with zero attached hydrogens (tertiary/aromatic N) is 3. The van der Waals surface area contributed by atoms with E-state index >= 15 is 0 Å². The minimum Gasteiger partial charge on any atom is -0.406 e. The Hall–Kier alpha value is -2.60. The molecule has 1 aromatic heterocycles. The SMILES string of the molecule is O=C(c1ccc(OC(F)(F)F)cc1)N1CC2(C1)CS(=O)(=O)[C@@H](Cn1ccnc1)CO2. The van der Waals surface area contributed by atoms with Crippen molar-refractivity contribution in [1.82, 2.24) is 14.5 Å². The predicted octanol–water partition coefficient (Wildman–Crippen LogP) is 1.49. The van der Waals surface area contributed by atoms with E-state index < -0.39 is 38.7 Å². The smallest absolute Gasteiger partial charge is 0.406 e. The van der Waals surface area contributed by atoms with Gasteiger partial charge in [-0.1, -0.05) is 0 Å². The van der Waals surface area contributed by atoms with E-state index in [1.807, 2.05) is 0 Å². The molecule has 12 heteroatoms. The van der Waals surface area contributed by atoms with Crippen LogP contribution in [0.2, 0.25) is 0 Å². The summed E-state index contributed by atoms with van der Waals surface area (Å²) in [6.07, 6.45) is -0.0345. The monoisotopic (exact) mass is 445 g/mol. The fourth-order valence-electron chi connectivity index (χ4n) is 3.65. The van der Waals surface area contributed by atoms with Crippen molar-refractivity contribution in [2.75, 3.05) is 25.4 Å². The predicted molar refractivity (Wildman–Crippen MR) is 97.5 cm³/mol. The van der Waals surface area contributed by atoms with Crippen molar-refractivity contribution >= 4 is 15.7 Å². The number of benzene rings is 1. The Labute approximate surface area is 170 Å². The Morgan fingerprint density at radius 3 is 2.53 bits per heavy atom. The second-order valence-electron chi connectivity index (χ2n) is 7.42. The van der Waals surface area contributed by atoms with E-state index in [1.54, 1.807) is 17.0 Å². The second kappa shape index (κ2) is 7.27. The van der Waals surface area contributed by atoms with Gasteiger partial charge in [-0.2, -0.15) is 0 Å². The average Bonchev–Trinajstić information content (AvgIpc) is 3.13. The number of rotatable bonds is 4. The molecular weight excluding hydrogens is 427 g/mol. The van der Waals surface area contributed by atoms with E-state index in [4.69, 9.17) is 4.74 Å². The second-order valence-corrected chi connectivity index (χ2v) is 9.70. The van der Waals surface area contributed by atoms with Gasteiger partial charge in [0.25, 0.3) is 5.91 Å². The highest BCUT2D eigenvalue weighted by Crippen LogP contribution is 2.34. The zero-order chi connectivity index (χ0) is 21.6. The van der Waals surface area contributed by atoms with Crippen LogP contribution in [0.25, 0.3) is 0 Å². The Balaban J connectivity index is 1.35. The molecule has 2 fully saturated rings. The largest absolute Gasteiger partial charge is 0.573 e.